The van der Waals surface area contributed by atoms with E-state index in [9.17, 15) is 14.3 Å². The average Bonchev–Trinajstić information content (AvgIpc) is 3.32. The summed E-state index contributed by atoms with van der Waals surface area (Å²) in [5, 5.41) is 14.0. The second-order valence-corrected chi connectivity index (χ2v) is 9.84. The molecule has 1 aliphatic carbocycles. The predicted octanol–water partition coefficient (Wildman–Crippen LogP) is 5.17. The number of hydrogen-bond acceptors (Lipinski definition) is 5. The highest BCUT2D eigenvalue weighted by Gasteiger charge is 2.46. The first kappa shape index (κ1) is 24.9. The van der Waals surface area contributed by atoms with Crippen LogP contribution in [0.4, 0.5) is 13.2 Å². The minimum absolute atomic E-state index is 0.00557. The van der Waals surface area contributed by atoms with E-state index in [1.807, 2.05) is 4.90 Å². The zero-order valence-corrected chi connectivity index (χ0v) is 20.1. The number of alkyl halides is 2. The number of rotatable bonds is 9. The number of halogens is 4. The van der Waals surface area contributed by atoms with Gasteiger partial charge in [-0.1, -0.05) is 17.7 Å². The minimum Gasteiger partial charge on any atom is -0.487 e. The fourth-order valence-electron chi connectivity index (χ4n) is 4.40. The normalized spacial score (nSPS) is 18.4. The van der Waals surface area contributed by atoms with Crippen molar-refractivity contribution in [3.8, 4) is 5.75 Å². The molecule has 1 saturated carbocycles. The Labute approximate surface area is 211 Å². The van der Waals surface area contributed by atoms with E-state index in [1.54, 1.807) is 0 Å². The third-order valence-corrected chi connectivity index (χ3v) is 6.77. The number of furan rings is 1. The van der Waals surface area contributed by atoms with Gasteiger partial charge < -0.3 is 24.5 Å². The van der Waals surface area contributed by atoms with Gasteiger partial charge in [-0.3, -0.25) is 4.79 Å². The predicted molar refractivity (Wildman–Crippen MR) is 128 cm³/mol. The Balaban J connectivity index is 1.37. The molecule has 2 atom stereocenters. The molecule has 0 bridgehead atoms. The fraction of sp³-hybridized carbons (Fsp3) is 0.423. The molecule has 1 saturated heterocycles. The Morgan fingerprint density at radius 2 is 1.94 bits per heavy atom. The van der Waals surface area contributed by atoms with Gasteiger partial charge in [-0.15, -0.1) is 0 Å². The molecule has 10 heteroatoms. The van der Waals surface area contributed by atoms with Crippen molar-refractivity contribution in [1.82, 2.24) is 10.2 Å². The van der Waals surface area contributed by atoms with Crippen molar-refractivity contribution in [2.24, 2.45) is 0 Å². The minimum atomic E-state index is -4.01. The number of carbonyl (C=O) groups is 1. The molecule has 1 aromatic heterocycles. The smallest absolute Gasteiger partial charge is 0.380 e. The van der Waals surface area contributed by atoms with Gasteiger partial charge >= 0.3 is 5.92 Å². The number of nitrogens with zero attached hydrogens (tertiary/aromatic N) is 1. The van der Waals surface area contributed by atoms with E-state index in [4.69, 9.17) is 20.8 Å². The van der Waals surface area contributed by atoms with Crippen LogP contribution in [0.2, 0.25) is 5.02 Å². The molecule has 0 unspecified atom stereocenters. The van der Waals surface area contributed by atoms with Gasteiger partial charge in [0, 0.05) is 17.0 Å². The lowest BCUT2D eigenvalue weighted by Crippen LogP contribution is -2.50. The summed E-state index contributed by atoms with van der Waals surface area (Å²) < 4.78 is 55.6. The van der Waals surface area contributed by atoms with E-state index in [2.05, 4.69) is 5.32 Å². The zero-order chi connectivity index (χ0) is 25.4. The highest BCUT2D eigenvalue weighted by Crippen LogP contribution is 2.35. The fourth-order valence-corrected chi connectivity index (χ4v) is 4.58. The summed E-state index contributed by atoms with van der Waals surface area (Å²) in [6.07, 6.45) is 2.14. The van der Waals surface area contributed by atoms with Crippen LogP contribution >= 0.6 is 11.6 Å². The van der Waals surface area contributed by atoms with Crippen LogP contribution in [0.5, 0.6) is 5.75 Å². The largest absolute Gasteiger partial charge is 0.487 e. The van der Waals surface area contributed by atoms with Gasteiger partial charge in [0.05, 0.1) is 12.1 Å². The van der Waals surface area contributed by atoms with Crippen LogP contribution in [-0.4, -0.2) is 47.7 Å². The number of nitrogens with one attached hydrogen (secondary N) is 1. The number of aliphatic hydroxyl groups excluding tert-OH is 1. The molecule has 0 spiro atoms. The third kappa shape index (κ3) is 5.33. The highest BCUT2D eigenvalue weighted by molar-refractivity contribution is 6.31. The van der Waals surface area contributed by atoms with Gasteiger partial charge in [0.25, 0.3) is 5.91 Å². The Hall–Kier alpha value is -2.75. The van der Waals surface area contributed by atoms with Gasteiger partial charge in [0.1, 0.15) is 11.7 Å². The monoisotopic (exact) mass is 522 g/mol. The molecule has 36 heavy (non-hydrogen) atoms. The lowest BCUT2D eigenvalue weighted by molar-refractivity contribution is -0.151. The van der Waals surface area contributed by atoms with Crippen molar-refractivity contribution in [3.05, 3.63) is 64.6 Å². The summed E-state index contributed by atoms with van der Waals surface area (Å²) in [6, 6.07) is 8.37. The number of aliphatic hydroxyl groups is 1. The molecule has 2 fully saturated rings. The first-order valence-electron chi connectivity index (χ1n) is 12.0. The molecule has 5 rings (SSSR count). The number of hydrogen-bond donors (Lipinski definition) is 2. The maximum Gasteiger partial charge on any atom is 0.380 e. The summed E-state index contributed by atoms with van der Waals surface area (Å²) in [7, 11) is 0. The summed E-state index contributed by atoms with van der Waals surface area (Å²) in [5.41, 5.74) is 0.321. The summed E-state index contributed by atoms with van der Waals surface area (Å²) in [6.45, 7) is 1.55. The molecular formula is C26H26ClF3N2O4. The number of carbonyl (C=O) groups excluding carboxylic acids is 1. The molecule has 1 aliphatic heterocycles. The molecule has 192 valence electrons. The van der Waals surface area contributed by atoms with Crippen LogP contribution in [0.3, 0.4) is 0 Å². The Kier molecular flexibility index (Phi) is 6.89. The van der Waals surface area contributed by atoms with Crippen LogP contribution in [0.1, 0.15) is 43.1 Å². The number of ether oxygens (including phenoxy) is 1. The van der Waals surface area contributed by atoms with Crippen molar-refractivity contribution in [2.45, 2.75) is 49.9 Å². The van der Waals surface area contributed by atoms with Gasteiger partial charge in [0.15, 0.2) is 17.3 Å². The van der Waals surface area contributed by atoms with E-state index in [1.165, 1.54) is 30.3 Å². The number of fused-ring (bicyclic) bond motifs is 1. The lowest BCUT2D eigenvalue weighted by atomic mass is 10.0. The number of amides is 1. The first-order chi connectivity index (χ1) is 17.2. The van der Waals surface area contributed by atoms with Crippen LogP contribution in [-0.2, 0) is 10.7 Å². The third-order valence-electron chi connectivity index (χ3n) is 6.54. The van der Waals surface area contributed by atoms with E-state index >= 15 is 8.78 Å². The van der Waals surface area contributed by atoms with Crippen molar-refractivity contribution < 1.29 is 32.2 Å². The second-order valence-electron chi connectivity index (χ2n) is 9.41. The second kappa shape index (κ2) is 9.95. The summed E-state index contributed by atoms with van der Waals surface area (Å²) in [4.78, 5) is 14.8. The standard InChI is InChI=1S/C26H26ClF3N2O4/c27-17-4-8-21-16(11-17)13-23(36-21)26(29,30)25(34)31-20(14-32-9-1-2-10-32)24(33)15-3-7-22(19(28)12-15)35-18-5-6-18/h3-4,7-8,11-13,18,20,24,33H,1-2,5-6,9-10,14H2,(H,31,34)/t20-,24-/m1/s1. The maximum absolute atomic E-state index is 15.2. The van der Waals surface area contributed by atoms with Crippen molar-refractivity contribution >= 4 is 28.5 Å². The van der Waals surface area contributed by atoms with Gasteiger partial charge in [-0.05, 0) is 80.7 Å². The SMILES string of the molecule is O=C(N[C@H](CN1CCCC1)[C@H](O)c1ccc(OC2CC2)c(F)c1)C(F)(F)c1cc2cc(Cl)ccc2o1. The maximum atomic E-state index is 15.2. The lowest BCUT2D eigenvalue weighted by Gasteiger charge is -2.30. The van der Waals surface area contributed by atoms with Crippen molar-refractivity contribution in [2.75, 3.05) is 19.6 Å². The van der Waals surface area contributed by atoms with Crippen molar-refractivity contribution in [3.63, 3.8) is 0 Å². The Morgan fingerprint density at radius 1 is 1.19 bits per heavy atom. The average molecular weight is 523 g/mol. The molecule has 2 heterocycles. The highest BCUT2D eigenvalue weighted by atomic mass is 35.5. The van der Waals surface area contributed by atoms with Crippen LogP contribution in [0, 0.1) is 5.82 Å². The molecule has 2 aliphatic rings. The zero-order valence-electron chi connectivity index (χ0n) is 19.4. The van der Waals surface area contributed by atoms with Crippen LogP contribution in [0.25, 0.3) is 11.0 Å². The van der Waals surface area contributed by atoms with Crippen LogP contribution in [0.15, 0.2) is 46.9 Å². The summed E-state index contributed by atoms with van der Waals surface area (Å²) in [5.74, 6) is -7.05. The van der Waals surface area contributed by atoms with Crippen molar-refractivity contribution in [1.29, 1.82) is 0 Å². The van der Waals surface area contributed by atoms with Crippen LogP contribution < -0.4 is 10.1 Å². The van der Waals surface area contributed by atoms with E-state index in [-0.39, 0.29) is 29.5 Å². The number of likely N-dealkylation sites (tertiary alicyclic amines) is 1. The molecule has 2 N–H and O–H groups in total. The van der Waals surface area contributed by atoms with Gasteiger partial charge in [-0.2, -0.15) is 8.78 Å². The topological polar surface area (TPSA) is 74.9 Å². The van der Waals surface area contributed by atoms with E-state index < -0.39 is 35.6 Å². The number of benzene rings is 2. The Morgan fingerprint density at radius 3 is 2.64 bits per heavy atom. The molecule has 3 aromatic rings. The molecule has 1 amide bonds. The Bertz CT molecular complexity index is 1260. The van der Waals surface area contributed by atoms with Gasteiger partial charge in [-0.25, -0.2) is 4.39 Å². The summed E-state index contributed by atoms with van der Waals surface area (Å²) >= 11 is 5.92. The molecule has 2 aromatic carbocycles. The molecule has 0 radical (unpaired) electrons. The van der Waals surface area contributed by atoms with E-state index in [0.717, 1.165) is 37.8 Å². The van der Waals surface area contributed by atoms with E-state index in [0.29, 0.717) is 23.5 Å². The molecule has 6 nitrogen and oxygen atoms in total. The van der Waals surface area contributed by atoms with Gasteiger partial charge in [0.2, 0.25) is 0 Å². The quantitative estimate of drug-likeness (QED) is 0.405. The first-order valence-corrected chi connectivity index (χ1v) is 12.3. The molecular weight excluding hydrogens is 497 g/mol.